The van der Waals surface area contributed by atoms with Gasteiger partial charge in [0.2, 0.25) is 10.0 Å². The van der Waals surface area contributed by atoms with E-state index in [0.717, 1.165) is 25.1 Å². The number of sulfonamides is 2. The molecule has 0 saturated heterocycles. The fourth-order valence-corrected chi connectivity index (χ4v) is 2.45. The molecule has 1 aliphatic carbocycles. The summed E-state index contributed by atoms with van der Waals surface area (Å²) in [4.78, 5) is 3.11. The van der Waals surface area contributed by atoms with E-state index in [1.807, 2.05) is 0 Å². The first-order valence-electron chi connectivity index (χ1n) is 4.90. The van der Waals surface area contributed by atoms with Gasteiger partial charge in [0.05, 0.1) is 12.3 Å². The molecule has 1 saturated carbocycles. The highest BCUT2D eigenvalue weighted by atomic mass is 32.2. The summed E-state index contributed by atoms with van der Waals surface area (Å²) in [6, 6.07) is 0.794. The van der Waals surface area contributed by atoms with Gasteiger partial charge in [0.25, 0.3) is 10.0 Å². The van der Waals surface area contributed by atoms with Gasteiger partial charge in [-0.2, -0.15) is 0 Å². The van der Waals surface area contributed by atoms with Crippen LogP contribution in [0.3, 0.4) is 0 Å². The molecule has 0 unspecified atom stereocenters. The first kappa shape index (κ1) is 13.2. The largest absolute Gasteiger partial charge is 0.487 e. The molecule has 1 fully saturated rings. The molecule has 0 radical (unpaired) electrons. The number of hydrogen-bond acceptors (Lipinski definition) is 6. The lowest BCUT2D eigenvalue weighted by molar-refractivity contribution is 0.293. The van der Waals surface area contributed by atoms with Gasteiger partial charge >= 0.3 is 0 Å². The Morgan fingerprint density at radius 3 is 2.22 bits per heavy atom. The van der Waals surface area contributed by atoms with E-state index in [1.165, 1.54) is 0 Å². The van der Waals surface area contributed by atoms with Gasteiger partial charge in [-0.25, -0.2) is 32.1 Å². The fourth-order valence-electron chi connectivity index (χ4n) is 1.24. The minimum atomic E-state index is -4.12. The van der Waals surface area contributed by atoms with Crippen molar-refractivity contribution in [3.8, 4) is 5.75 Å². The van der Waals surface area contributed by atoms with Gasteiger partial charge in [0.1, 0.15) is 4.90 Å². The molecule has 0 spiro atoms. The van der Waals surface area contributed by atoms with Crippen LogP contribution < -0.4 is 15.0 Å². The van der Waals surface area contributed by atoms with Crippen LogP contribution in [0.4, 0.5) is 0 Å². The lowest BCUT2D eigenvalue weighted by Gasteiger charge is -2.09. The normalized spacial score (nSPS) is 16.6. The number of primary sulfonamides is 2. The van der Waals surface area contributed by atoms with Crippen molar-refractivity contribution in [3.05, 3.63) is 12.3 Å². The van der Waals surface area contributed by atoms with E-state index >= 15 is 0 Å². The number of nitrogens with two attached hydrogens (primary N) is 2. The van der Waals surface area contributed by atoms with Crippen LogP contribution in [0.2, 0.25) is 0 Å². The summed E-state index contributed by atoms with van der Waals surface area (Å²) >= 11 is 0. The Balaban J connectivity index is 2.54. The summed E-state index contributed by atoms with van der Waals surface area (Å²) in [5.41, 5.74) is 0. The van der Waals surface area contributed by atoms with Crippen LogP contribution in [-0.4, -0.2) is 27.9 Å². The molecular weight excluding hydrogens is 282 g/mol. The zero-order valence-corrected chi connectivity index (χ0v) is 10.7. The number of ether oxygens (including phenoxy) is 1. The second-order valence-electron chi connectivity index (χ2n) is 3.88. The van der Waals surface area contributed by atoms with Crippen molar-refractivity contribution in [2.75, 3.05) is 0 Å². The molecule has 1 aromatic rings. The third-order valence-corrected chi connectivity index (χ3v) is 3.96. The molecular formula is C8H11N3O5S2. The Labute approximate surface area is 104 Å². The van der Waals surface area contributed by atoms with Crippen LogP contribution in [-0.2, 0) is 20.0 Å². The number of aromatic nitrogens is 1. The van der Waals surface area contributed by atoms with Crippen LogP contribution in [0.25, 0.3) is 0 Å². The summed E-state index contributed by atoms with van der Waals surface area (Å²) in [5.74, 6) is -0.0626. The Morgan fingerprint density at radius 2 is 1.78 bits per heavy atom. The Morgan fingerprint density at radius 1 is 1.17 bits per heavy atom. The van der Waals surface area contributed by atoms with Crippen molar-refractivity contribution in [1.29, 1.82) is 0 Å². The van der Waals surface area contributed by atoms with Crippen LogP contribution in [0, 0.1) is 0 Å². The highest BCUT2D eigenvalue weighted by Crippen LogP contribution is 2.31. The minimum Gasteiger partial charge on any atom is -0.487 e. The first-order valence-corrected chi connectivity index (χ1v) is 7.99. The van der Waals surface area contributed by atoms with Crippen molar-refractivity contribution in [2.45, 2.75) is 28.9 Å². The Kier molecular flexibility index (Phi) is 3.05. The Hall–Kier alpha value is -1.23. The topological polar surface area (TPSA) is 142 Å². The van der Waals surface area contributed by atoms with Crippen LogP contribution in [0.15, 0.2) is 22.2 Å². The van der Waals surface area contributed by atoms with Gasteiger partial charge in [-0.3, -0.25) is 0 Å². The summed E-state index contributed by atoms with van der Waals surface area (Å²) in [7, 11) is -8.22. The highest BCUT2D eigenvalue weighted by molar-refractivity contribution is 7.90. The van der Waals surface area contributed by atoms with E-state index in [2.05, 4.69) is 4.98 Å². The van der Waals surface area contributed by atoms with Gasteiger partial charge < -0.3 is 4.74 Å². The minimum absolute atomic E-state index is 0.0626. The maximum atomic E-state index is 11.4. The molecule has 0 aliphatic heterocycles. The average molecular weight is 293 g/mol. The number of rotatable bonds is 4. The molecule has 4 N–H and O–H groups in total. The zero-order valence-electron chi connectivity index (χ0n) is 9.11. The average Bonchev–Trinajstić information content (AvgIpc) is 2.98. The fraction of sp³-hybridized carbons (Fsp3) is 0.375. The van der Waals surface area contributed by atoms with E-state index in [-0.39, 0.29) is 11.9 Å². The van der Waals surface area contributed by atoms with E-state index in [4.69, 9.17) is 15.0 Å². The molecule has 1 heterocycles. The Bertz CT molecular complexity index is 679. The van der Waals surface area contributed by atoms with E-state index in [9.17, 15) is 16.8 Å². The molecule has 0 amide bonds. The van der Waals surface area contributed by atoms with Crippen molar-refractivity contribution in [2.24, 2.45) is 10.3 Å². The molecule has 8 nitrogen and oxygen atoms in total. The predicted octanol–water partition coefficient (Wildman–Crippen LogP) is -1.08. The summed E-state index contributed by atoms with van der Waals surface area (Å²) in [6.07, 6.45) is 2.53. The molecule has 1 aliphatic rings. The number of pyridine rings is 1. The number of hydrogen-bond donors (Lipinski definition) is 2. The van der Waals surface area contributed by atoms with Crippen molar-refractivity contribution >= 4 is 20.0 Å². The van der Waals surface area contributed by atoms with Crippen LogP contribution in [0.5, 0.6) is 5.75 Å². The third-order valence-electron chi connectivity index (χ3n) is 2.22. The van der Waals surface area contributed by atoms with Gasteiger partial charge in [-0.05, 0) is 12.8 Å². The van der Waals surface area contributed by atoms with Gasteiger partial charge in [0.15, 0.2) is 10.8 Å². The molecule has 0 bridgehead atoms. The number of nitrogens with zero attached hydrogens (tertiary/aromatic N) is 1. The van der Waals surface area contributed by atoms with Crippen molar-refractivity contribution < 1.29 is 21.6 Å². The molecule has 2 rings (SSSR count). The van der Waals surface area contributed by atoms with E-state index in [1.54, 1.807) is 0 Å². The van der Waals surface area contributed by atoms with Gasteiger partial charge in [-0.1, -0.05) is 0 Å². The SMILES string of the molecule is NS(=O)(=O)c1cc(S(N)(=O)=O)c(OC2CC2)cn1. The summed E-state index contributed by atoms with van der Waals surface area (Å²) in [6.45, 7) is 0. The standard InChI is InChI=1S/C8H11N3O5S2/c9-17(12,13)7-3-8(18(10,14)15)11-4-6(7)16-5-1-2-5/h3-5H,1-2H2,(H2,9,12,13)(H2,10,14,15). The van der Waals surface area contributed by atoms with Crippen LogP contribution in [0.1, 0.15) is 12.8 Å². The molecule has 18 heavy (non-hydrogen) atoms. The summed E-state index contributed by atoms with van der Waals surface area (Å²) < 4.78 is 50.2. The maximum absolute atomic E-state index is 11.4. The molecule has 1 aromatic heterocycles. The lowest BCUT2D eigenvalue weighted by atomic mass is 10.4. The van der Waals surface area contributed by atoms with Gasteiger partial charge in [0, 0.05) is 6.07 Å². The second kappa shape index (κ2) is 4.16. The molecule has 100 valence electrons. The van der Waals surface area contributed by atoms with Crippen molar-refractivity contribution in [3.63, 3.8) is 0 Å². The summed E-state index contributed by atoms with van der Waals surface area (Å²) in [5, 5.41) is 9.29. The monoisotopic (exact) mass is 293 g/mol. The lowest BCUT2D eigenvalue weighted by Crippen LogP contribution is -2.18. The third kappa shape index (κ3) is 2.96. The zero-order chi connectivity index (χ0) is 13.6. The second-order valence-corrected chi connectivity index (χ2v) is 6.91. The predicted molar refractivity (Wildman–Crippen MR) is 60.6 cm³/mol. The van der Waals surface area contributed by atoms with Crippen LogP contribution >= 0.6 is 0 Å². The van der Waals surface area contributed by atoms with E-state index in [0.29, 0.717) is 0 Å². The highest BCUT2D eigenvalue weighted by Gasteiger charge is 2.28. The first-order chi connectivity index (χ1) is 8.18. The maximum Gasteiger partial charge on any atom is 0.255 e. The quantitative estimate of drug-likeness (QED) is 0.722. The molecule has 0 aromatic carbocycles. The smallest absolute Gasteiger partial charge is 0.255 e. The molecule has 10 heteroatoms. The van der Waals surface area contributed by atoms with Crippen molar-refractivity contribution in [1.82, 2.24) is 4.98 Å². The van der Waals surface area contributed by atoms with E-state index < -0.39 is 30.0 Å². The van der Waals surface area contributed by atoms with Gasteiger partial charge in [-0.15, -0.1) is 0 Å². The molecule has 0 atom stereocenters.